The first-order valence-electron chi connectivity index (χ1n) is 11.4. The molecule has 10 heteroatoms. The summed E-state index contributed by atoms with van der Waals surface area (Å²) in [4.78, 5) is 8.90. The van der Waals surface area contributed by atoms with Crippen LogP contribution in [0.15, 0.2) is 77.0 Å². The second kappa shape index (κ2) is 13.2. The lowest BCUT2D eigenvalue weighted by Crippen LogP contribution is -2.38. The maximum absolute atomic E-state index is 16.3. The summed E-state index contributed by atoms with van der Waals surface area (Å²) >= 11 is 2.83. The van der Waals surface area contributed by atoms with Crippen LogP contribution in [0.1, 0.15) is 23.0 Å². The Kier molecular flexibility index (Phi) is 9.71. The highest BCUT2D eigenvalue weighted by Crippen LogP contribution is 2.31. The summed E-state index contributed by atoms with van der Waals surface area (Å²) in [6.45, 7) is 0.769. The van der Waals surface area contributed by atoms with Crippen LogP contribution in [-0.2, 0) is 27.4 Å². The van der Waals surface area contributed by atoms with Gasteiger partial charge in [0.05, 0.1) is 31.7 Å². The van der Waals surface area contributed by atoms with Gasteiger partial charge in [0.15, 0.2) is 11.8 Å². The minimum atomic E-state index is -1.58. The van der Waals surface area contributed by atoms with Crippen LogP contribution in [0, 0.1) is 0 Å². The van der Waals surface area contributed by atoms with Crippen LogP contribution in [0.5, 0.6) is 0 Å². The van der Waals surface area contributed by atoms with Crippen LogP contribution >= 0.6 is 23.5 Å². The Balaban J connectivity index is 1.60. The van der Waals surface area contributed by atoms with Crippen molar-refractivity contribution in [2.45, 2.75) is 41.8 Å². The van der Waals surface area contributed by atoms with E-state index < -0.39 is 18.4 Å². The third kappa shape index (κ3) is 6.43. The number of rotatable bonds is 13. The summed E-state index contributed by atoms with van der Waals surface area (Å²) < 4.78 is 35.6. The molecule has 7 nitrogen and oxygen atoms in total. The lowest BCUT2D eigenvalue weighted by Gasteiger charge is -2.28. The minimum Gasteiger partial charge on any atom is -0.376 e. The Labute approximate surface area is 218 Å². The number of nitrogens with zero attached hydrogens (tertiary/aromatic N) is 4. The third-order valence-corrected chi connectivity index (χ3v) is 6.83. The molecule has 0 radical (unpaired) electrons. The molecule has 0 aliphatic heterocycles. The maximum atomic E-state index is 16.3. The molecule has 2 aromatic heterocycles. The molecule has 0 spiro atoms. The van der Waals surface area contributed by atoms with Crippen LogP contribution in [0.3, 0.4) is 0 Å². The first kappa shape index (κ1) is 26.6. The second-order valence-corrected chi connectivity index (χ2v) is 9.53. The van der Waals surface area contributed by atoms with Crippen molar-refractivity contribution in [2.75, 3.05) is 26.2 Å². The topological polar surface area (TPSA) is 70.8 Å². The molecule has 4 rings (SSSR count). The smallest absolute Gasteiger partial charge is 0.208 e. The van der Waals surface area contributed by atoms with E-state index in [0.29, 0.717) is 22.4 Å². The standard InChI is InChI=1S/C26H29FN4O3S2/c1-32-21(17-33-15-18-10-6-4-7-11-18)23(34-16-19-12-8-5-9-13-19)22(27)20-14-28-24-25(35-2)29-26(36-3)30-31(20)24/h4-14,21-23H,15-17H2,1-3H3/t21-,22+,23-/m1/s1. The van der Waals surface area contributed by atoms with E-state index in [2.05, 4.69) is 15.1 Å². The molecule has 3 atom stereocenters. The van der Waals surface area contributed by atoms with E-state index in [4.69, 9.17) is 14.2 Å². The summed E-state index contributed by atoms with van der Waals surface area (Å²) in [7, 11) is 1.54. The number of fused-ring (bicyclic) bond motifs is 1. The van der Waals surface area contributed by atoms with Gasteiger partial charge >= 0.3 is 0 Å². The van der Waals surface area contributed by atoms with E-state index in [1.807, 2.05) is 73.2 Å². The molecular weight excluding hydrogens is 499 g/mol. The van der Waals surface area contributed by atoms with Gasteiger partial charge in [0, 0.05) is 7.11 Å². The summed E-state index contributed by atoms with van der Waals surface area (Å²) in [6, 6.07) is 19.5. The molecule has 0 fully saturated rings. The first-order valence-corrected chi connectivity index (χ1v) is 13.9. The number of halogens is 1. The molecule has 0 amide bonds. The molecule has 0 unspecified atom stereocenters. The van der Waals surface area contributed by atoms with Crippen LogP contribution in [0.25, 0.3) is 5.65 Å². The fraction of sp³-hybridized carbons (Fsp3) is 0.346. The molecule has 4 aromatic rings. The quantitative estimate of drug-likeness (QED) is 0.214. The normalized spacial score (nSPS) is 14.1. The first-order chi connectivity index (χ1) is 17.6. The highest BCUT2D eigenvalue weighted by atomic mass is 32.2. The molecule has 2 aromatic carbocycles. The van der Waals surface area contributed by atoms with Crippen LogP contribution in [0.4, 0.5) is 4.39 Å². The van der Waals surface area contributed by atoms with Crippen molar-refractivity contribution in [1.82, 2.24) is 19.6 Å². The van der Waals surface area contributed by atoms with Crippen molar-refractivity contribution in [3.8, 4) is 0 Å². The summed E-state index contributed by atoms with van der Waals surface area (Å²) in [5, 5.41) is 5.72. The van der Waals surface area contributed by atoms with Crippen LogP contribution < -0.4 is 0 Å². The highest BCUT2D eigenvalue weighted by Gasteiger charge is 2.35. The van der Waals surface area contributed by atoms with Gasteiger partial charge in [-0.3, -0.25) is 0 Å². The van der Waals surface area contributed by atoms with Crippen molar-refractivity contribution in [3.05, 3.63) is 83.7 Å². The van der Waals surface area contributed by atoms with Gasteiger partial charge in [-0.1, -0.05) is 72.4 Å². The number of imidazole rings is 1. The lowest BCUT2D eigenvalue weighted by atomic mass is 10.1. The zero-order valence-electron chi connectivity index (χ0n) is 20.4. The van der Waals surface area contributed by atoms with Gasteiger partial charge < -0.3 is 14.2 Å². The molecule has 0 saturated heterocycles. The van der Waals surface area contributed by atoms with E-state index in [0.717, 1.165) is 11.1 Å². The zero-order chi connectivity index (χ0) is 25.3. The summed E-state index contributed by atoms with van der Waals surface area (Å²) in [5.74, 6) is 0. The van der Waals surface area contributed by atoms with Gasteiger partial charge in [0.2, 0.25) is 5.16 Å². The molecule has 0 saturated carbocycles. The zero-order valence-corrected chi connectivity index (χ0v) is 22.0. The Morgan fingerprint density at radius 1 is 0.944 bits per heavy atom. The molecule has 190 valence electrons. The number of ether oxygens (including phenoxy) is 3. The predicted molar refractivity (Wildman–Crippen MR) is 140 cm³/mol. The number of alkyl halides is 1. The Morgan fingerprint density at radius 2 is 1.61 bits per heavy atom. The monoisotopic (exact) mass is 528 g/mol. The Bertz CT molecular complexity index is 1230. The predicted octanol–water partition coefficient (Wildman–Crippen LogP) is 5.40. The number of methoxy groups -OCH3 is 1. The van der Waals surface area contributed by atoms with Crippen molar-refractivity contribution in [3.63, 3.8) is 0 Å². The number of hydrogen-bond acceptors (Lipinski definition) is 8. The maximum Gasteiger partial charge on any atom is 0.208 e. The SMILES string of the molecule is CO[C@H](COCc1ccccc1)[C@@H](OCc1ccccc1)[C@@H](F)c1cnc2c(SC)nc(SC)nn12. The molecule has 2 heterocycles. The second-order valence-electron chi connectivity index (χ2n) is 7.96. The summed E-state index contributed by atoms with van der Waals surface area (Å²) in [6.07, 6.45) is 2.08. The average Bonchev–Trinajstić information content (AvgIpc) is 3.36. The molecule has 0 bridgehead atoms. The molecular formula is C26H29FN4O3S2. The number of benzene rings is 2. The van der Waals surface area contributed by atoms with Gasteiger partial charge in [-0.15, -0.1) is 16.9 Å². The Morgan fingerprint density at radius 3 is 2.22 bits per heavy atom. The van der Waals surface area contributed by atoms with Gasteiger partial charge in [-0.05, 0) is 23.6 Å². The van der Waals surface area contributed by atoms with Gasteiger partial charge in [-0.25, -0.2) is 18.9 Å². The fourth-order valence-electron chi connectivity index (χ4n) is 3.75. The minimum absolute atomic E-state index is 0.156. The van der Waals surface area contributed by atoms with Crippen LogP contribution in [-0.4, -0.2) is 58.0 Å². The van der Waals surface area contributed by atoms with Crippen molar-refractivity contribution in [2.24, 2.45) is 0 Å². The van der Waals surface area contributed by atoms with Crippen molar-refractivity contribution >= 4 is 29.2 Å². The van der Waals surface area contributed by atoms with Gasteiger partial charge in [0.25, 0.3) is 0 Å². The van der Waals surface area contributed by atoms with E-state index >= 15 is 4.39 Å². The van der Waals surface area contributed by atoms with Gasteiger partial charge in [-0.2, -0.15) is 0 Å². The van der Waals surface area contributed by atoms with Crippen LogP contribution in [0.2, 0.25) is 0 Å². The van der Waals surface area contributed by atoms with Gasteiger partial charge in [0.1, 0.15) is 17.2 Å². The van der Waals surface area contributed by atoms with E-state index in [9.17, 15) is 0 Å². The third-order valence-electron chi connectivity index (χ3n) is 5.63. The molecule has 0 aliphatic carbocycles. The van der Waals surface area contributed by atoms with E-state index in [1.165, 1.54) is 41.3 Å². The lowest BCUT2D eigenvalue weighted by molar-refractivity contribution is -0.125. The van der Waals surface area contributed by atoms with Crippen molar-refractivity contribution in [1.29, 1.82) is 0 Å². The Hall–Kier alpha value is -2.50. The highest BCUT2D eigenvalue weighted by molar-refractivity contribution is 7.99. The van der Waals surface area contributed by atoms with E-state index in [-0.39, 0.29) is 18.9 Å². The van der Waals surface area contributed by atoms with Crippen molar-refractivity contribution < 1.29 is 18.6 Å². The molecule has 0 aliphatic rings. The molecule has 36 heavy (non-hydrogen) atoms. The van der Waals surface area contributed by atoms with E-state index in [1.54, 1.807) is 0 Å². The average molecular weight is 529 g/mol. The number of aromatic nitrogens is 4. The molecule has 0 N–H and O–H groups in total. The number of thioether (sulfide) groups is 2. The summed E-state index contributed by atoms with van der Waals surface area (Å²) in [5.41, 5.74) is 2.75. The fourth-order valence-corrected chi connectivity index (χ4v) is 4.65. The number of hydrogen-bond donors (Lipinski definition) is 0. The largest absolute Gasteiger partial charge is 0.376 e.